The van der Waals surface area contributed by atoms with E-state index < -0.39 is 6.10 Å². The summed E-state index contributed by atoms with van der Waals surface area (Å²) in [6.07, 6.45) is -0.0258. The number of rotatable bonds is 3. The molecule has 2 rings (SSSR count). The molecule has 15 heavy (non-hydrogen) atoms. The molecule has 80 valence electrons. The Kier molecular flexibility index (Phi) is 2.70. The Labute approximate surface area is 88.3 Å². The molecule has 0 spiro atoms. The minimum Gasteiger partial charge on any atom is -0.387 e. The fourth-order valence-corrected chi connectivity index (χ4v) is 1.78. The van der Waals surface area contributed by atoms with Gasteiger partial charge in [0.05, 0.1) is 17.3 Å². The molecule has 3 N–H and O–H groups in total. The maximum absolute atomic E-state index is 9.88. The summed E-state index contributed by atoms with van der Waals surface area (Å²) in [7, 11) is 1.88. The molecule has 4 nitrogen and oxygen atoms in total. The van der Waals surface area contributed by atoms with Crippen molar-refractivity contribution in [3.8, 4) is 0 Å². The maximum Gasteiger partial charge on any atom is 0.0996 e. The summed E-state index contributed by atoms with van der Waals surface area (Å²) >= 11 is 0. The van der Waals surface area contributed by atoms with Gasteiger partial charge in [-0.3, -0.25) is 4.68 Å². The molecule has 0 fully saturated rings. The number of para-hydroxylation sites is 1. The predicted molar refractivity (Wildman–Crippen MR) is 59.3 cm³/mol. The van der Waals surface area contributed by atoms with Gasteiger partial charge in [-0.1, -0.05) is 18.2 Å². The van der Waals surface area contributed by atoms with Crippen LogP contribution in [0.1, 0.15) is 18.2 Å². The minimum atomic E-state index is -0.568. The van der Waals surface area contributed by atoms with Crippen molar-refractivity contribution in [2.75, 3.05) is 6.54 Å². The Morgan fingerprint density at radius 1 is 1.47 bits per heavy atom. The first-order chi connectivity index (χ1) is 7.24. The lowest BCUT2D eigenvalue weighted by atomic mass is 10.1. The van der Waals surface area contributed by atoms with Gasteiger partial charge in [0.15, 0.2) is 0 Å². The topological polar surface area (TPSA) is 64.1 Å². The number of aliphatic hydroxyl groups excluding tert-OH is 1. The van der Waals surface area contributed by atoms with Crippen molar-refractivity contribution >= 4 is 10.9 Å². The van der Waals surface area contributed by atoms with Gasteiger partial charge in [0.1, 0.15) is 0 Å². The molecule has 2 aromatic rings. The number of aliphatic hydroxyl groups is 1. The van der Waals surface area contributed by atoms with Crippen molar-refractivity contribution in [3.05, 3.63) is 30.0 Å². The summed E-state index contributed by atoms with van der Waals surface area (Å²) < 4.78 is 1.78. The van der Waals surface area contributed by atoms with E-state index in [0.29, 0.717) is 13.0 Å². The zero-order valence-electron chi connectivity index (χ0n) is 8.72. The lowest BCUT2D eigenvalue weighted by Crippen LogP contribution is -2.07. The molecule has 0 aliphatic rings. The van der Waals surface area contributed by atoms with E-state index in [4.69, 9.17) is 5.73 Å². The third-order valence-corrected chi connectivity index (χ3v) is 2.54. The molecule has 0 saturated carbocycles. The van der Waals surface area contributed by atoms with Crippen LogP contribution >= 0.6 is 0 Å². The number of hydrogen-bond acceptors (Lipinski definition) is 3. The molecular formula is C11H15N3O. The summed E-state index contributed by atoms with van der Waals surface area (Å²) in [6.45, 7) is 0.464. The third-order valence-electron chi connectivity index (χ3n) is 2.54. The lowest BCUT2D eigenvalue weighted by molar-refractivity contribution is 0.166. The third kappa shape index (κ3) is 1.73. The fraction of sp³-hybridized carbons (Fsp3) is 0.364. The molecular weight excluding hydrogens is 190 g/mol. The fourth-order valence-electron chi connectivity index (χ4n) is 1.78. The van der Waals surface area contributed by atoms with Gasteiger partial charge in [0.25, 0.3) is 0 Å². The number of benzene rings is 1. The van der Waals surface area contributed by atoms with Gasteiger partial charge in [0.2, 0.25) is 0 Å². The second-order valence-electron chi connectivity index (χ2n) is 3.62. The van der Waals surface area contributed by atoms with Crippen LogP contribution in [0.2, 0.25) is 0 Å². The van der Waals surface area contributed by atoms with Crippen molar-refractivity contribution in [1.82, 2.24) is 9.78 Å². The Balaban J connectivity index is 2.52. The summed E-state index contributed by atoms with van der Waals surface area (Å²) in [5.41, 5.74) is 7.18. The van der Waals surface area contributed by atoms with Gasteiger partial charge in [0, 0.05) is 12.4 Å². The normalized spacial score (nSPS) is 13.3. The zero-order valence-corrected chi connectivity index (χ0v) is 8.72. The Hall–Kier alpha value is -1.39. The summed E-state index contributed by atoms with van der Waals surface area (Å²) in [5.74, 6) is 0. The first-order valence-electron chi connectivity index (χ1n) is 5.04. The number of nitrogens with zero attached hydrogens (tertiary/aromatic N) is 2. The van der Waals surface area contributed by atoms with Gasteiger partial charge in [-0.05, 0) is 19.0 Å². The van der Waals surface area contributed by atoms with E-state index in [1.54, 1.807) is 4.68 Å². The number of aromatic nitrogens is 2. The van der Waals surface area contributed by atoms with Crippen molar-refractivity contribution in [1.29, 1.82) is 0 Å². The molecule has 1 unspecified atom stereocenters. The molecule has 4 heteroatoms. The van der Waals surface area contributed by atoms with Gasteiger partial charge < -0.3 is 10.8 Å². The molecule has 0 saturated heterocycles. The van der Waals surface area contributed by atoms with Crippen LogP contribution in [0.3, 0.4) is 0 Å². The Morgan fingerprint density at radius 3 is 2.93 bits per heavy atom. The van der Waals surface area contributed by atoms with Gasteiger partial charge >= 0.3 is 0 Å². The average molecular weight is 205 g/mol. The monoisotopic (exact) mass is 205 g/mol. The highest BCUT2D eigenvalue weighted by atomic mass is 16.3. The van der Waals surface area contributed by atoms with Crippen LogP contribution in [0, 0.1) is 0 Å². The molecule has 0 radical (unpaired) electrons. The largest absolute Gasteiger partial charge is 0.387 e. The Bertz CT molecular complexity index is 464. The molecule has 1 aromatic carbocycles. The van der Waals surface area contributed by atoms with Gasteiger partial charge in [-0.2, -0.15) is 5.10 Å². The standard InChI is InChI=1S/C11H15N3O/c1-14-9-5-3-2-4-8(9)11(13-14)10(15)6-7-12/h2-5,10,15H,6-7,12H2,1H3. The van der Waals surface area contributed by atoms with Crippen LogP contribution in [-0.4, -0.2) is 21.4 Å². The van der Waals surface area contributed by atoms with E-state index in [9.17, 15) is 5.11 Å². The van der Waals surface area contributed by atoms with E-state index in [-0.39, 0.29) is 0 Å². The smallest absolute Gasteiger partial charge is 0.0996 e. The highest BCUT2D eigenvalue weighted by Crippen LogP contribution is 2.24. The maximum atomic E-state index is 9.88. The Morgan fingerprint density at radius 2 is 2.20 bits per heavy atom. The lowest BCUT2D eigenvalue weighted by Gasteiger charge is -2.05. The SMILES string of the molecule is Cn1nc(C(O)CCN)c2ccccc21. The van der Waals surface area contributed by atoms with E-state index in [1.165, 1.54) is 0 Å². The van der Waals surface area contributed by atoms with Crippen LogP contribution in [0.15, 0.2) is 24.3 Å². The highest BCUT2D eigenvalue weighted by molar-refractivity contribution is 5.82. The number of nitrogens with two attached hydrogens (primary N) is 1. The zero-order chi connectivity index (χ0) is 10.8. The second kappa shape index (κ2) is 4.00. The molecule has 0 bridgehead atoms. The van der Waals surface area contributed by atoms with Crippen molar-refractivity contribution in [2.24, 2.45) is 12.8 Å². The van der Waals surface area contributed by atoms with Gasteiger partial charge in [-0.15, -0.1) is 0 Å². The molecule has 1 atom stereocenters. The van der Waals surface area contributed by atoms with Crippen molar-refractivity contribution in [2.45, 2.75) is 12.5 Å². The molecule has 1 heterocycles. The number of fused-ring (bicyclic) bond motifs is 1. The van der Waals surface area contributed by atoms with Crippen LogP contribution in [0.4, 0.5) is 0 Å². The van der Waals surface area contributed by atoms with Crippen LogP contribution in [0.25, 0.3) is 10.9 Å². The van der Waals surface area contributed by atoms with Crippen LogP contribution in [-0.2, 0) is 7.05 Å². The average Bonchev–Trinajstić information content (AvgIpc) is 2.58. The summed E-state index contributed by atoms with van der Waals surface area (Å²) in [4.78, 5) is 0. The summed E-state index contributed by atoms with van der Waals surface area (Å²) in [5, 5.41) is 15.2. The number of hydrogen-bond donors (Lipinski definition) is 2. The molecule has 1 aromatic heterocycles. The minimum absolute atomic E-state index is 0.464. The van der Waals surface area contributed by atoms with E-state index >= 15 is 0 Å². The number of aryl methyl sites for hydroxylation is 1. The summed E-state index contributed by atoms with van der Waals surface area (Å²) in [6, 6.07) is 7.87. The van der Waals surface area contributed by atoms with Crippen LogP contribution in [0.5, 0.6) is 0 Å². The molecule has 0 aliphatic carbocycles. The van der Waals surface area contributed by atoms with E-state index in [2.05, 4.69) is 5.10 Å². The first kappa shape index (κ1) is 10.1. The highest BCUT2D eigenvalue weighted by Gasteiger charge is 2.15. The molecule has 0 aliphatic heterocycles. The van der Waals surface area contributed by atoms with Crippen molar-refractivity contribution < 1.29 is 5.11 Å². The van der Waals surface area contributed by atoms with Crippen LogP contribution < -0.4 is 5.73 Å². The quantitative estimate of drug-likeness (QED) is 0.784. The van der Waals surface area contributed by atoms with Crippen molar-refractivity contribution in [3.63, 3.8) is 0 Å². The van der Waals surface area contributed by atoms with E-state index in [0.717, 1.165) is 16.6 Å². The first-order valence-corrected chi connectivity index (χ1v) is 5.04. The molecule has 0 amide bonds. The predicted octanol–water partition coefficient (Wildman–Crippen LogP) is 0.956. The van der Waals surface area contributed by atoms with E-state index in [1.807, 2.05) is 31.3 Å². The second-order valence-corrected chi connectivity index (χ2v) is 3.62. The van der Waals surface area contributed by atoms with Gasteiger partial charge in [-0.25, -0.2) is 0 Å².